The Hall–Kier alpha value is -3.80. The summed E-state index contributed by atoms with van der Waals surface area (Å²) in [6.45, 7) is 0. The molecule has 0 bridgehead atoms. The predicted octanol–water partition coefficient (Wildman–Crippen LogP) is 4.33. The molecule has 1 amide bonds. The lowest BCUT2D eigenvalue weighted by atomic mass is 10.1. The normalized spacial score (nSPS) is 10.6. The van der Waals surface area contributed by atoms with Gasteiger partial charge in [0.1, 0.15) is 11.5 Å². The van der Waals surface area contributed by atoms with Crippen molar-refractivity contribution in [2.45, 2.75) is 0 Å². The molecule has 0 unspecified atom stereocenters. The monoisotopic (exact) mass is 358 g/mol. The van der Waals surface area contributed by atoms with Crippen LogP contribution in [0.1, 0.15) is 10.4 Å². The number of rotatable bonds is 4. The van der Waals surface area contributed by atoms with E-state index in [0.717, 1.165) is 5.56 Å². The molecular formula is C21H15FN4O. The largest absolute Gasteiger partial charge is 0.303 e. The number of hydrogen-bond donors (Lipinski definition) is 1. The molecule has 0 spiro atoms. The van der Waals surface area contributed by atoms with E-state index in [-0.39, 0.29) is 11.7 Å². The second-order valence-electron chi connectivity index (χ2n) is 5.85. The molecule has 4 aromatic rings. The van der Waals surface area contributed by atoms with Gasteiger partial charge in [-0.25, -0.2) is 4.39 Å². The average molecular weight is 358 g/mol. The number of nitrogens with one attached hydrogen (secondary N) is 1. The third-order valence-electron chi connectivity index (χ3n) is 3.97. The van der Waals surface area contributed by atoms with Crippen molar-refractivity contribution >= 4 is 11.7 Å². The first kappa shape index (κ1) is 16.7. The predicted molar refractivity (Wildman–Crippen MR) is 101 cm³/mol. The van der Waals surface area contributed by atoms with Gasteiger partial charge in [0, 0.05) is 17.2 Å². The molecular weight excluding hydrogens is 343 g/mol. The highest BCUT2D eigenvalue weighted by Crippen LogP contribution is 2.25. The second kappa shape index (κ2) is 7.21. The third kappa shape index (κ3) is 3.59. The zero-order chi connectivity index (χ0) is 18.6. The number of anilines is 1. The first-order valence-electron chi connectivity index (χ1n) is 8.36. The van der Waals surface area contributed by atoms with Gasteiger partial charge in [0.2, 0.25) is 0 Å². The van der Waals surface area contributed by atoms with Crippen LogP contribution in [0.3, 0.4) is 0 Å². The topological polar surface area (TPSA) is 59.8 Å². The lowest BCUT2D eigenvalue weighted by Gasteiger charge is -2.03. The average Bonchev–Trinajstić information content (AvgIpc) is 3.13. The van der Waals surface area contributed by atoms with Gasteiger partial charge in [-0.1, -0.05) is 54.6 Å². The molecule has 0 aliphatic heterocycles. The van der Waals surface area contributed by atoms with Crippen molar-refractivity contribution < 1.29 is 9.18 Å². The Balaban J connectivity index is 1.76. The van der Waals surface area contributed by atoms with Crippen molar-refractivity contribution in [1.29, 1.82) is 0 Å². The minimum absolute atomic E-state index is 0.293. The number of nitrogens with zero attached hydrogens (tertiary/aromatic N) is 3. The van der Waals surface area contributed by atoms with Gasteiger partial charge in [0.15, 0.2) is 5.82 Å². The van der Waals surface area contributed by atoms with Crippen LogP contribution in [0.15, 0.2) is 84.9 Å². The lowest BCUT2D eigenvalue weighted by Crippen LogP contribution is -2.13. The van der Waals surface area contributed by atoms with Crippen LogP contribution in [0.25, 0.3) is 16.9 Å². The molecule has 6 heteroatoms. The van der Waals surface area contributed by atoms with Crippen LogP contribution in [0, 0.1) is 5.82 Å². The Bertz CT molecular complexity index is 1080. The second-order valence-corrected chi connectivity index (χ2v) is 5.85. The summed E-state index contributed by atoms with van der Waals surface area (Å²) in [6, 6.07) is 24.2. The molecule has 27 heavy (non-hydrogen) atoms. The van der Waals surface area contributed by atoms with Crippen molar-refractivity contribution in [2.24, 2.45) is 0 Å². The van der Waals surface area contributed by atoms with Gasteiger partial charge in [0.05, 0.1) is 5.69 Å². The van der Waals surface area contributed by atoms with Crippen molar-refractivity contribution in [1.82, 2.24) is 15.0 Å². The Morgan fingerprint density at radius 2 is 1.56 bits per heavy atom. The van der Waals surface area contributed by atoms with Crippen LogP contribution in [0.4, 0.5) is 10.2 Å². The van der Waals surface area contributed by atoms with Crippen LogP contribution >= 0.6 is 0 Å². The van der Waals surface area contributed by atoms with E-state index in [2.05, 4.69) is 15.5 Å². The van der Waals surface area contributed by atoms with Crippen LogP contribution in [-0.4, -0.2) is 20.9 Å². The Labute approximate surface area is 155 Å². The molecule has 0 atom stereocenters. The Morgan fingerprint density at radius 3 is 2.26 bits per heavy atom. The van der Waals surface area contributed by atoms with Crippen molar-refractivity contribution in [3.8, 4) is 16.9 Å². The first-order valence-corrected chi connectivity index (χ1v) is 8.36. The fourth-order valence-corrected chi connectivity index (χ4v) is 2.67. The van der Waals surface area contributed by atoms with E-state index in [1.54, 1.807) is 36.4 Å². The van der Waals surface area contributed by atoms with Crippen LogP contribution in [0.2, 0.25) is 0 Å². The number of aromatic nitrogens is 3. The summed E-state index contributed by atoms with van der Waals surface area (Å²) in [5, 5.41) is 11.6. The maximum absolute atomic E-state index is 13.6. The smallest absolute Gasteiger partial charge is 0.256 e. The fraction of sp³-hybridized carbons (Fsp3) is 0. The van der Waals surface area contributed by atoms with Crippen LogP contribution in [0.5, 0.6) is 0 Å². The van der Waals surface area contributed by atoms with E-state index in [0.29, 0.717) is 22.8 Å². The first-order chi connectivity index (χ1) is 13.2. The Morgan fingerprint density at radius 1 is 0.852 bits per heavy atom. The van der Waals surface area contributed by atoms with E-state index >= 15 is 0 Å². The molecule has 0 radical (unpaired) electrons. The van der Waals surface area contributed by atoms with Gasteiger partial charge in [0.25, 0.3) is 5.91 Å². The highest BCUT2D eigenvalue weighted by atomic mass is 19.1. The summed E-state index contributed by atoms with van der Waals surface area (Å²) in [5.74, 6) is -0.376. The number of amides is 1. The highest BCUT2D eigenvalue weighted by Gasteiger charge is 2.17. The number of halogens is 1. The quantitative estimate of drug-likeness (QED) is 0.591. The van der Waals surface area contributed by atoms with E-state index in [4.69, 9.17) is 0 Å². The van der Waals surface area contributed by atoms with Crippen LogP contribution < -0.4 is 5.32 Å². The zero-order valence-electron chi connectivity index (χ0n) is 14.2. The van der Waals surface area contributed by atoms with Gasteiger partial charge < -0.3 is 5.32 Å². The Kier molecular flexibility index (Phi) is 4.45. The minimum Gasteiger partial charge on any atom is -0.303 e. The number of carbonyl (C=O) groups excluding carboxylic acids is 1. The fourth-order valence-electron chi connectivity index (χ4n) is 2.67. The van der Waals surface area contributed by atoms with Gasteiger partial charge in [-0.3, -0.25) is 4.79 Å². The molecule has 5 nitrogen and oxygen atoms in total. The summed E-state index contributed by atoms with van der Waals surface area (Å²) in [5.41, 5.74) is 2.27. The van der Waals surface area contributed by atoms with Crippen LogP contribution in [-0.2, 0) is 0 Å². The molecule has 4 rings (SSSR count). The number of hydrogen-bond acceptors (Lipinski definition) is 3. The lowest BCUT2D eigenvalue weighted by molar-refractivity contribution is 0.102. The summed E-state index contributed by atoms with van der Waals surface area (Å²) in [4.78, 5) is 13.9. The minimum atomic E-state index is -0.388. The molecule has 0 fully saturated rings. The van der Waals surface area contributed by atoms with Gasteiger partial charge in [-0.15, -0.1) is 15.0 Å². The number of benzene rings is 3. The molecule has 1 N–H and O–H groups in total. The summed E-state index contributed by atoms with van der Waals surface area (Å²) < 4.78 is 13.6. The maximum atomic E-state index is 13.6. The number of carbonyl (C=O) groups is 1. The summed E-state index contributed by atoms with van der Waals surface area (Å²) in [6.07, 6.45) is 0. The van der Waals surface area contributed by atoms with Gasteiger partial charge >= 0.3 is 0 Å². The molecule has 0 saturated carbocycles. The van der Waals surface area contributed by atoms with Gasteiger partial charge in [-0.2, -0.15) is 0 Å². The molecule has 1 aromatic heterocycles. The van der Waals surface area contributed by atoms with Gasteiger partial charge in [-0.05, 0) is 24.3 Å². The molecule has 0 aliphatic carbocycles. The van der Waals surface area contributed by atoms with E-state index in [9.17, 15) is 9.18 Å². The van der Waals surface area contributed by atoms with Crippen molar-refractivity contribution in [3.63, 3.8) is 0 Å². The third-order valence-corrected chi connectivity index (χ3v) is 3.97. The van der Waals surface area contributed by atoms with E-state index < -0.39 is 0 Å². The molecule has 0 saturated heterocycles. The zero-order valence-corrected chi connectivity index (χ0v) is 14.2. The molecule has 132 valence electrons. The maximum Gasteiger partial charge on any atom is 0.256 e. The standard InChI is InChI=1S/C21H15FN4O/c22-17-12-7-13-18(14-17)26-24-19(15-8-3-1-4-9-15)20(25-26)23-21(27)16-10-5-2-6-11-16/h1-14H,(H,23,25,27). The summed E-state index contributed by atoms with van der Waals surface area (Å²) >= 11 is 0. The van der Waals surface area contributed by atoms with Crippen molar-refractivity contribution in [2.75, 3.05) is 5.32 Å². The SMILES string of the molecule is O=C(Nc1nn(-c2cccc(F)c2)nc1-c1ccccc1)c1ccccc1. The van der Waals surface area contributed by atoms with E-state index in [1.165, 1.54) is 16.9 Å². The summed E-state index contributed by atoms with van der Waals surface area (Å²) in [7, 11) is 0. The van der Waals surface area contributed by atoms with Crippen molar-refractivity contribution in [3.05, 3.63) is 96.3 Å². The molecule has 1 heterocycles. The highest BCUT2D eigenvalue weighted by molar-refractivity contribution is 6.05. The molecule has 0 aliphatic rings. The van der Waals surface area contributed by atoms with E-state index in [1.807, 2.05) is 36.4 Å². The molecule has 3 aromatic carbocycles.